The third-order valence-electron chi connectivity index (χ3n) is 2.01. The third kappa shape index (κ3) is 1.85. The summed E-state index contributed by atoms with van der Waals surface area (Å²) in [5.74, 6) is 0.983. The lowest BCUT2D eigenvalue weighted by molar-refractivity contribution is 0.643. The molecule has 0 fully saturated rings. The maximum absolute atomic E-state index is 5.76. The lowest BCUT2D eigenvalue weighted by atomic mass is 10.1. The van der Waals surface area contributed by atoms with Gasteiger partial charge in [0.15, 0.2) is 16.9 Å². The van der Waals surface area contributed by atoms with Gasteiger partial charge in [-0.3, -0.25) is 4.18 Å². The minimum Gasteiger partial charge on any atom is -0.286 e. The normalized spacial score (nSPS) is 10.8. The van der Waals surface area contributed by atoms with Gasteiger partial charge in [-0.15, -0.1) is 0 Å². The Bertz CT molecular complexity index is 432. The Morgan fingerprint density at radius 3 is 2.43 bits per heavy atom. The van der Waals surface area contributed by atoms with Crippen molar-refractivity contribution in [3.63, 3.8) is 0 Å². The number of rotatable bonds is 2. The Morgan fingerprint density at radius 1 is 0.929 bits per heavy atom. The number of hydrogen-bond donors (Lipinski definition) is 0. The molecule has 0 bridgehead atoms. The molecule has 14 heavy (non-hydrogen) atoms. The topological polar surface area (TPSA) is 9.23 Å². The van der Waals surface area contributed by atoms with Crippen molar-refractivity contribution in [2.24, 2.45) is 0 Å². The number of benzene rings is 2. The molecule has 0 saturated carbocycles. The quantitative estimate of drug-likeness (QED) is 0.685. The Morgan fingerprint density at radius 2 is 1.64 bits per heavy atom. The molecule has 0 aliphatic heterocycles. The van der Waals surface area contributed by atoms with Crippen LogP contribution < -0.4 is 4.18 Å². The van der Waals surface area contributed by atoms with E-state index < -0.39 is 0 Å². The fourth-order valence-corrected chi connectivity index (χ4v) is 1.95. The molecule has 0 aliphatic carbocycles. The van der Waals surface area contributed by atoms with E-state index in [-0.39, 0.29) is 11.2 Å². The fourth-order valence-electron chi connectivity index (χ4n) is 1.45. The molecular formula is C12H13OS+. The highest BCUT2D eigenvalue weighted by Gasteiger charge is 2.09. The summed E-state index contributed by atoms with van der Waals surface area (Å²) in [7, 11) is 0. The summed E-state index contributed by atoms with van der Waals surface area (Å²) in [6, 6.07) is 14.4. The second kappa shape index (κ2) is 3.93. The Labute approximate surface area is 87.3 Å². The largest absolute Gasteiger partial charge is 0.286 e. The second-order valence-corrected chi connectivity index (χ2v) is 4.95. The van der Waals surface area contributed by atoms with Crippen molar-refractivity contribution in [3.05, 3.63) is 42.5 Å². The number of hydrogen-bond acceptors (Lipinski definition) is 1. The van der Waals surface area contributed by atoms with Gasteiger partial charge < -0.3 is 0 Å². The van der Waals surface area contributed by atoms with Gasteiger partial charge in [0.1, 0.15) is 12.5 Å². The van der Waals surface area contributed by atoms with Crippen molar-refractivity contribution in [2.45, 2.75) is 0 Å². The first-order valence-electron chi connectivity index (χ1n) is 4.51. The van der Waals surface area contributed by atoms with E-state index in [9.17, 15) is 0 Å². The molecular weight excluding hydrogens is 192 g/mol. The molecule has 0 atom stereocenters. The third-order valence-corrected chi connectivity index (χ3v) is 2.52. The molecule has 72 valence electrons. The monoisotopic (exact) mass is 205 g/mol. The lowest BCUT2D eigenvalue weighted by Gasteiger charge is -2.03. The molecule has 0 unspecified atom stereocenters. The predicted octanol–water partition coefficient (Wildman–Crippen LogP) is 3.01. The van der Waals surface area contributed by atoms with Crippen molar-refractivity contribution in [2.75, 3.05) is 12.5 Å². The molecule has 0 aliphatic rings. The summed E-state index contributed by atoms with van der Waals surface area (Å²) < 4.78 is 5.76. The van der Waals surface area contributed by atoms with E-state index in [0.29, 0.717) is 0 Å². The van der Waals surface area contributed by atoms with Crippen LogP contribution in [0.1, 0.15) is 0 Å². The maximum atomic E-state index is 5.76. The zero-order chi connectivity index (χ0) is 9.97. The average Bonchev–Trinajstić information content (AvgIpc) is 2.18. The fraction of sp³-hybridized carbons (Fsp3) is 0.167. The van der Waals surface area contributed by atoms with Crippen LogP contribution in [0, 0.1) is 0 Å². The summed E-state index contributed by atoms with van der Waals surface area (Å²) in [5.41, 5.74) is 0. The highest BCUT2D eigenvalue weighted by atomic mass is 32.2. The van der Waals surface area contributed by atoms with Gasteiger partial charge in [0.2, 0.25) is 0 Å². The summed E-state index contributed by atoms with van der Waals surface area (Å²) in [6.45, 7) is 0. The molecule has 0 saturated heterocycles. The molecule has 2 aromatic carbocycles. The molecule has 2 heteroatoms. The second-order valence-electron chi connectivity index (χ2n) is 3.30. The predicted molar refractivity (Wildman–Crippen MR) is 63.8 cm³/mol. The van der Waals surface area contributed by atoms with Crippen molar-refractivity contribution in [1.29, 1.82) is 0 Å². The van der Waals surface area contributed by atoms with Crippen molar-refractivity contribution >= 4 is 21.9 Å². The first-order valence-corrected chi connectivity index (χ1v) is 6.47. The molecule has 0 heterocycles. The molecule has 0 spiro atoms. The van der Waals surface area contributed by atoms with Gasteiger partial charge in [-0.1, -0.05) is 36.4 Å². The standard InChI is InChI=1S/C12H13OS/c1-14(2)13-12-9-5-7-10-6-3-4-8-11(10)12/h3-9H,1-2H3/q+1. The summed E-state index contributed by atoms with van der Waals surface area (Å²) in [4.78, 5) is 0. The molecule has 0 N–H and O–H groups in total. The summed E-state index contributed by atoms with van der Waals surface area (Å²) >= 11 is -0.0226. The van der Waals surface area contributed by atoms with Gasteiger partial charge in [-0.25, -0.2) is 0 Å². The Balaban J connectivity index is 2.53. The van der Waals surface area contributed by atoms with E-state index in [1.807, 2.05) is 24.3 Å². The van der Waals surface area contributed by atoms with Crippen LogP contribution in [0.2, 0.25) is 0 Å². The Kier molecular flexibility index (Phi) is 2.64. The average molecular weight is 205 g/mol. The van der Waals surface area contributed by atoms with Gasteiger partial charge in [0, 0.05) is 5.39 Å². The summed E-state index contributed by atoms with van der Waals surface area (Å²) in [6.07, 6.45) is 4.14. The smallest absolute Gasteiger partial charge is 0.195 e. The maximum Gasteiger partial charge on any atom is 0.195 e. The molecule has 0 amide bonds. The van der Waals surface area contributed by atoms with Crippen LogP contribution >= 0.6 is 0 Å². The van der Waals surface area contributed by atoms with E-state index in [4.69, 9.17) is 4.18 Å². The molecule has 2 rings (SSSR count). The number of fused-ring (bicyclic) bond motifs is 1. The lowest BCUT2D eigenvalue weighted by Crippen LogP contribution is -2.04. The SMILES string of the molecule is C[S+](C)Oc1cccc2ccccc12. The van der Waals surface area contributed by atoms with Crippen LogP contribution in [0.4, 0.5) is 0 Å². The first kappa shape index (κ1) is 9.41. The van der Waals surface area contributed by atoms with E-state index in [0.717, 1.165) is 5.75 Å². The Hall–Kier alpha value is -1.15. The highest BCUT2D eigenvalue weighted by molar-refractivity contribution is 7.91. The molecule has 2 aromatic rings. The van der Waals surface area contributed by atoms with E-state index >= 15 is 0 Å². The zero-order valence-electron chi connectivity index (χ0n) is 8.36. The van der Waals surface area contributed by atoms with Crippen molar-refractivity contribution in [3.8, 4) is 5.75 Å². The van der Waals surface area contributed by atoms with Gasteiger partial charge in [-0.05, 0) is 11.5 Å². The van der Waals surface area contributed by atoms with Gasteiger partial charge in [0.25, 0.3) is 0 Å². The zero-order valence-corrected chi connectivity index (χ0v) is 9.17. The van der Waals surface area contributed by atoms with Crippen molar-refractivity contribution in [1.82, 2.24) is 0 Å². The van der Waals surface area contributed by atoms with Crippen LogP contribution in [0.25, 0.3) is 10.8 Å². The molecule has 0 radical (unpaired) electrons. The minimum atomic E-state index is -0.0226. The first-order chi connectivity index (χ1) is 6.77. The van der Waals surface area contributed by atoms with Crippen LogP contribution in [-0.2, 0) is 11.2 Å². The minimum absolute atomic E-state index is 0.0226. The van der Waals surface area contributed by atoms with E-state index in [1.54, 1.807) is 0 Å². The van der Waals surface area contributed by atoms with Gasteiger partial charge in [-0.2, -0.15) is 0 Å². The highest BCUT2D eigenvalue weighted by Crippen LogP contribution is 2.25. The van der Waals surface area contributed by atoms with Crippen LogP contribution in [0.15, 0.2) is 42.5 Å². The van der Waals surface area contributed by atoms with E-state index in [1.165, 1.54) is 10.8 Å². The van der Waals surface area contributed by atoms with Crippen LogP contribution in [0.3, 0.4) is 0 Å². The molecule has 1 nitrogen and oxygen atoms in total. The van der Waals surface area contributed by atoms with E-state index in [2.05, 4.69) is 30.7 Å². The van der Waals surface area contributed by atoms with Gasteiger partial charge in [0.05, 0.1) is 0 Å². The van der Waals surface area contributed by atoms with Gasteiger partial charge >= 0.3 is 0 Å². The van der Waals surface area contributed by atoms with Crippen LogP contribution in [-0.4, -0.2) is 12.5 Å². The van der Waals surface area contributed by atoms with Crippen LogP contribution in [0.5, 0.6) is 5.75 Å². The molecule has 0 aromatic heterocycles. The summed E-state index contributed by atoms with van der Waals surface area (Å²) in [5, 5.41) is 2.42. The van der Waals surface area contributed by atoms with Crippen molar-refractivity contribution < 1.29 is 4.18 Å².